The number of alkyl halides is 1. The molecule has 0 radical (unpaired) electrons. The molecular weight excluding hydrogens is 267 g/mol. The van der Waals surface area contributed by atoms with Gasteiger partial charge in [-0.1, -0.05) is 0 Å². The van der Waals surface area contributed by atoms with Gasteiger partial charge >= 0.3 is 0 Å². The van der Waals surface area contributed by atoms with Crippen LogP contribution in [-0.4, -0.2) is 29.7 Å². The first-order chi connectivity index (χ1) is 7.31. The molecule has 1 aromatic rings. The van der Waals surface area contributed by atoms with Crippen LogP contribution in [0.1, 0.15) is 29.8 Å². The first-order valence-electron chi connectivity index (χ1n) is 5.11. The third-order valence-electron chi connectivity index (χ3n) is 2.53. The van der Waals surface area contributed by atoms with E-state index in [-0.39, 0.29) is 24.1 Å². The van der Waals surface area contributed by atoms with E-state index in [2.05, 4.69) is 9.88 Å². The van der Waals surface area contributed by atoms with Gasteiger partial charge in [0.05, 0.1) is 5.88 Å². The van der Waals surface area contributed by atoms with Gasteiger partial charge in [-0.05, 0) is 19.3 Å². The van der Waals surface area contributed by atoms with Crippen LogP contribution in [0.3, 0.4) is 0 Å². The fraction of sp³-hybridized carbons (Fsp3) is 0.600. The van der Waals surface area contributed by atoms with Gasteiger partial charge in [0.15, 0.2) is 10.9 Å². The maximum absolute atomic E-state index is 11.3. The van der Waals surface area contributed by atoms with Gasteiger partial charge in [0.2, 0.25) is 0 Å². The first-order valence-corrected chi connectivity index (χ1v) is 6.52. The van der Waals surface area contributed by atoms with Gasteiger partial charge in [0.1, 0.15) is 5.69 Å². The van der Waals surface area contributed by atoms with Crippen LogP contribution in [0.5, 0.6) is 0 Å². The summed E-state index contributed by atoms with van der Waals surface area (Å²) in [6.07, 6.45) is 3.74. The maximum atomic E-state index is 11.3. The van der Waals surface area contributed by atoms with E-state index in [1.807, 2.05) is 0 Å². The predicted molar refractivity (Wildman–Crippen MR) is 70.5 cm³/mol. The molecule has 2 heterocycles. The predicted octanol–water partition coefficient (Wildman–Crippen LogP) is 2.98. The molecule has 0 aliphatic carbocycles. The lowest BCUT2D eigenvalue weighted by atomic mass is 10.1. The molecule has 2 rings (SSSR count). The van der Waals surface area contributed by atoms with Crippen molar-refractivity contribution in [3.63, 3.8) is 0 Å². The molecular formula is C10H14Cl2N2OS. The molecule has 0 unspecified atom stereocenters. The highest BCUT2D eigenvalue weighted by Crippen LogP contribution is 2.24. The molecule has 90 valence electrons. The Labute approximate surface area is 110 Å². The summed E-state index contributed by atoms with van der Waals surface area (Å²) in [5.41, 5.74) is 0.510. The van der Waals surface area contributed by atoms with Crippen molar-refractivity contribution in [1.82, 2.24) is 4.98 Å². The van der Waals surface area contributed by atoms with E-state index in [0.717, 1.165) is 18.2 Å². The van der Waals surface area contributed by atoms with E-state index >= 15 is 0 Å². The van der Waals surface area contributed by atoms with Crippen molar-refractivity contribution in [3.05, 3.63) is 11.1 Å². The Morgan fingerprint density at radius 3 is 2.75 bits per heavy atom. The van der Waals surface area contributed by atoms with Crippen LogP contribution < -0.4 is 4.90 Å². The van der Waals surface area contributed by atoms with E-state index < -0.39 is 0 Å². The van der Waals surface area contributed by atoms with Crippen molar-refractivity contribution in [2.45, 2.75) is 19.3 Å². The number of rotatable bonds is 3. The lowest BCUT2D eigenvalue weighted by Crippen LogP contribution is -2.29. The number of carbonyl (C=O) groups is 1. The zero-order valence-corrected chi connectivity index (χ0v) is 11.2. The highest BCUT2D eigenvalue weighted by molar-refractivity contribution is 7.14. The SMILES string of the molecule is Cl.O=C(CCl)c1csc(N2CCCCC2)n1. The monoisotopic (exact) mass is 280 g/mol. The van der Waals surface area contributed by atoms with Crippen molar-refractivity contribution < 1.29 is 4.79 Å². The fourth-order valence-corrected chi connectivity index (χ4v) is 2.71. The Balaban J connectivity index is 0.00000128. The van der Waals surface area contributed by atoms with Gasteiger partial charge in [0, 0.05) is 18.5 Å². The molecule has 0 spiro atoms. The third kappa shape index (κ3) is 3.09. The minimum Gasteiger partial charge on any atom is -0.348 e. The summed E-state index contributed by atoms with van der Waals surface area (Å²) in [5.74, 6) is -0.0698. The normalized spacial score (nSPS) is 15.7. The summed E-state index contributed by atoms with van der Waals surface area (Å²) in [4.78, 5) is 17.9. The summed E-state index contributed by atoms with van der Waals surface area (Å²) in [6.45, 7) is 2.12. The molecule has 16 heavy (non-hydrogen) atoms. The number of aromatic nitrogens is 1. The number of thiazole rings is 1. The molecule has 1 aromatic heterocycles. The van der Waals surface area contributed by atoms with Gasteiger partial charge in [0.25, 0.3) is 0 Å². The third-order valence-corrected chi connectivity index (χ3v) is 3.67. The Hall–Kier alpha value is -0.320. The summed E-state index contributed by atoms with van der Waals surface area (Å²) in [7, 11) is 0. The van der Waals surface area contributed by atoms with Crippen LogP contribution in [0.2, 0.25) is 0 Å². The van der Waals surface area contributed by atoms with Crippen LogP contribution in [-0.2, 0) is 0 Å². The van der Waals surface area contributed by atoms with Crippen molar-refractivity contribution in [2.24, 2.45) is 0 Å². The number of hydrogen-bond acceptors (Lipinski definition) is 4. The molecule has 1 saturated heterocycles. The lowest BCUT2D eigenvalue weighted by Gasteiger charge is -2.25. The van der Waals surface area contributed by atoms with E-state index in [0.29, 0.717) is 5.69 Å². The Kier molecular flexibility index (Phi) is 5.52. The van der Waals surface area contributed by atoms with Crippen LogP contribution >= 0.6 is 35.3 Å². The van der Waals surface area contributed by atoms with E-state index in [9.17, 15) is 4.79 Å². The first kappa shape index (κ1) is 13.7. The molecule has 1 aliphatic rings. The lowest BCUT2D eigenvalue weighted by molar-refractivity contribution is 0.101. The molecule has 0 saturated carbocycles. The van der Waals surface area contributed by atoms with Crippen molar-refractivity contribution in [3.8, 4) is 0 Å². The fourth-order valence-electron chi connectivity index (χ4n) is 1.69. The highest BCUT2D eigenvalue weighted by atomic mass is 35.5. The number of Topliss-reactive ketones (excluding diaryl/α,β-unsaturated/α-hetero) is 1. The zero-order chi connectivity index (χ0) is 10.7. The molecule has 0 bridgehead atoms. The highest BCUT2D eigenvalue weighted by Gasteiger charge is 2.16. The quantitative estimate of drug-likeness (QED) is 0.631. The standard InChI is InChI=1S/C10H13ClN2OS.ClH/c11-6-9(14)8-7-15-10(12-8)13-4-2-1-3-5-13;/h7H,1-6H2;1H. The van der Waals surface area contributed by atoms with Gasteiger partial charge in [-0.15, -0.1) is 35.3 Å². The van der Waals surface area contributed by atoms with Gasteiger partial charge in [-0.25, -0.2) is 4.98 Å². The Morgan fingerprint density at radius 1 is 1.44 bits per heavy atom. The maximum Gasteiger partial charge on any atom is 0.196 e. The minimum absolute atomic E-state index is 0. The molecule has 1 fully saturated rings. The van der Waals surface area contributed by atoms with Crippen LogP contribution in [0.15, 0.2) is 5.38 Å². The van der Waals surface area contributed by atoms with E-state index in [1.54, 1.807) is 5.38 Å². The average Bonchev–Trinajstić information content (AvgIpc) is 2.78. The van der Waals surface area contributed by atoms with Gasteiger partial charge in [-0.3, -0.25) is 4.79 Å². The van der Waals surface area contributed by atoms with Gasteiger partial charge in [-0.2, -0.15) is 0 Å². The topological polar surface area (TPSA) is 33.2 Å². The van der Waals surface area contributed by atoms with Gasteiger partial charge < -0.3 is 4.90 Å². The molecule has 0 N–H and O–H groups in total. The number of nitrogens with zero attached hydrogens (tertiary/aromatic N) is 2. The minimum atomic E-state index is -0.0869. The molecule has 0 atom stereocenters. The Morgan fingerprint density at radius 2 is 2.12 bits per heavy atom. The Bertz CT molecular complexity index is 350. The molecule has 1 aliphatic heterocycles. The second-order valence-corrected chi connectivity index (χ2v) is 4.72. The number of hydrogen-bond donors (Lipinski definition) is 0. The van der Waals surface area contributed by atoms with Crippen LogP contribution in [0.4, 0.5) is 5.13 Å². The second kappa shape index (κ2) is 6.42. The van der Waals surface area contributed by atoms with Crippen molar-refractivity contribution in [1.29, 1.82) is 0 Å². The molecule has 3 nitrogen and oxygen atoms in total. The summed E-state index contributed by atoms with van der Waals surface area (Å²) >= 11 is 7.02. The van der Waals surface area contributed by atoms with Crippen molar-refractivity contribution >= 4 is 46.3 Å². The number of piperidine rings is 1. The zero-order valence-electron chi connectivity index (χ0n) is 8.82. The van der Waals surface area contributed by atoms with E-state index in [1.165, 1.54) is 30.6 Å². The molecule has 6 heteroatoms. The summed E-state index contributed by atoms with van der Waals surface area (Å²) < 4.78 is 0. The second-order valence-electron chi connectivity index (χ2n) is 3.62. The molecule has 0 amide bonds. The smallest absolute Gasteiger partial charge is 0.196 e. The van der Waals surface area contributed by atoms with Crippen LogP contribution in [0, 0.1) is 0 Å². The molecule has 0 aromatic carbocycles. The van der Waals surface area contributed by atoms with Crippen LogP contribution in [0.25, 0.3) is 0 Å². The van der Waals surface area contributed by atoms with Crippen molar-refractivity contribution in [2.75, 3.05) is 23.9 Å². The average molecular weight is 281 g/mol. The number of ketones is 1. The number of halogens is 2. The summed E-state index contributed by atoms with van der Waals surface area (Å²) in [5, 5.41) is 2.76. The van der Waals surface area contributed by atoms with E-state index in [4.69, 9.17) is 11.6 Å². The summed E-state index contributed by atoms with van der Waals surface area (Å²) in [6, 6.07) is 0. The number of carbonyl (C=O) groups excluding carboxylic acids is 1. The largest absolute Gasteiger partial charge is 0.348 e. The number of anilines is 1.